The summed E-state index contributed by atoms with van der Waals surface area (Å²) in [6, 6.07) is 17.1. The van der Waals surface area contributed by atoms with Crippen LogP contribution in [0.3, 0.4) is 0 Å². The van der Waals surface area contributed by atoms with Crippen LogP contribution in [0.5, 0.6) is 5.75 Å². The molecule has 9 heteroatoms. The topological polar surface area (TPSA) is 109 Å². The molecule has 0 saturated heterocycles. The molecular formula is C22H21N5O3S. The smallest absolute Gasteiger partial charge is 0.294 e. The molecule has 0 unspecified atom stereocenters. The molecule has 2 aromatic heterocycles. The van der Waals surface area contributed by atoms with Crippen LogP contribution in [-0.2, 0) is 11.2 Å². The van der Waals surface area contributed by atoms with Crippen LogP contribution in [0.25, 0.3) is 15.9 Å². The molecule has 4 aromatic rings. The first-order chi connectivity index (χ1) is 15.1. The van der Waals surface area contributed by atoms with E-state index in [4.69, 9.17) is 0 Å². The number of thiazole rings is 1. The van der Waals surface area contributed by atoms with E-state index in [1.165, 1.54) is 10.9 Å². The average Bonchev–Trinajstić information content (AvgIpc) is 3.39. The number of fused-ring (bicyclic) bond motifs is 1. The predicted octanol–water partition coefficient (Wildman–Crippen LogP) is 3.36. The third kappa shape index (κ3) is 5.07. The summed E-state index contributed by atoms with van der Waals surface area (Å²) in [5.41, 5.74) is 6.20. The second-order valence-electron chi connectivity index (χ2n) is 6.93. The Balaban J connectivity index is 1.21. The van der Waals surface area contributed by atoms with E-state index in [9.17, 15) is 14.7 Å². The number of carbonyl (C=O) groups excluding carboxylic acids is 2. The van der Waals surface area contributed by atoms with Gasteiger partial charge in [0.15, 0.2) is 11.4 Å². The Hall–Kier alpha value is -3.72. The van der Waals surface area contributed by atoms with Crippen LogP contribution in [0.4, 0.5) is 0 Å². The summed E-state index contributed by atoms with van der Waals surface area (Å²) >= 11 is 1.67. The minimum Gasteiger partial charge on any atom is -0.504 e. The summed E-state index contributed by atoms with van der Waals surface area (Å²) in [7, 11) is 0. The van der Waals surface area contributed by atoms with Gasteiger partial charge in [-0.3, -0.25) is 20.4 Å². The van der Waals surface area contributed by atoms with Crippen molar-refractivity contribution in [1.29, 1.82) is 0 Å². The van der Waals surface area contributed by atoms with Gasteiger partial charge in [0.2, 0.25) is 5.91 Å². The van der Waals surface area contributed by atoms with E-state index in [2.05, 4.69) is 20.9 Å². The third-order valence-electron chi connectivity index (χ3n) is 4.63. The molecule has 0 aliphatic rings. The number of aromatic hydroxyl groups is 1. The number of nitrogens with zero attached hydrogens (tertiary/aromatic N) is 3. The molecule has 0 bridgehead atoms. The number of hydrazine groups is 1. The highest BCUT2D eigenvalue weighted by Gasteiger charge is 2.17. The van der Waals surface area contributed by atoms with Gasteiger partial charge in [0.25, 0.3) is 5.91 Å². The first-order valence-corrected chi connectivity index (χ1v) is 10.7. The number of unbranched alkanes of at least 4 members (excludes halogenated alkanes) is 1. The maximum Gasteiger partial charge on any atom is 0.294 e. The van der Waals surface area contributed by atoms with Crippen LogP contribution in [0.1, 0.15) is 34.8 Å². The van der Waals surface area contributed by atoms with E-state index >= 15 is 0 Å². The maximum atomic E-state index is 12.2. The lowest BCUT2D eigenvalue weighted by atomic mass is 10.2. The van der Waals surface area contributed by atoms with Gasteiger partial charge >= 0.3 is 0 Å². The molecular weight excluding hydrogens is 414 g/mol. The van der Waals surface area contributed by atoms with Gasteiger partial charge in [-0.1, -0.05) is 30.3 Å². The summed E-state index contributed by atoms with van der Waals surface area (Å²) < 4.78 is 2.56. The van der Waals surface area contributed by atoms with E-state index in [1.807, 2.05) is 42.5 Å². The number of benzene rings is 2. The lowest BCUT2D eigenvalue weighted by Crippen LogP contribution is -2.41. The lowest BCUT2D eigenvalue weighted by molar-refractivity contribution is -0.122. The Kier molecular flexibility index (Phi) is 6.23. The Labute approximate surface area is 182 Å². The van der Waals surface area contributed by atoms with Crippen molar-refractivity contribution < 1.29 is 14.7 Å². The van der Waals surface area contributed by atoms with Crippen molar-refractivity contribution in [2.75, 3.05) is 0 Å². The van der Waals surface area contributed by atoms with Gasteiger partial charge in [-0.05, 0) is 43.5 Å². The normalized spacial score (nSPS) is 10.8. The van der Waals surface area contributed by atoms with Gasteiger partial charge in [-0.2, -0.15) is 5.10 Å². The van der Waals surface area contributed by atoms with Crippen LogP contribution in [0.15, 0.2) is 60.8 Å². The van der Waals surface area contributed by atoms with E-state index in [-0.39, 0.29) is 23.8 Å². The average molecular weight is 436 g/mol. The summed E-state index contributed by atoms with van der Waals surface area (Å²) in [5.74, 6) is -1.26. The molecule has 2 amide bonds. The largest absolute Gasteiger partial charge is 0.504 e. The second kappa shape index (κ2) is 9.40. The Bertz CT molecular complexity index is 1170. The fourth-order valence-corrected chi connectivity index (χ4v) is 4.09. The first-order valence-electron chi connectivity index (χ1n) is 9.88. The van der Waals surface area contributed by atoms with E-state index < -0.39 is 5.91 Å². The highest BCUT2D eigenvalue weighted by atomic mass is 32.1. The van der Waals surface area contributed by atoms with Crippen molar-refractivity contribution in [3.8, 4) is 11.4 Å². The number of hydrogen-bond donors (Lipinski definition) is 3. The van der Waals surface area contributed by atoms with Crippen LogP contribution in [0, 0.1) is 0 Å². The summed E-state index contributed by atoms with van der Waals surface area (Å²) in [5, 5.41) is 15.1. The zero-order chi connectivity index (χ0) is 21.6. The minimum atomic E-state index is -0.685. The fourth-order valence-electron chi connectivity index (χ4n) is 3.08. The van der Waals surface area contributed by atoms with Gasteiger partial charge < -0.3 is 5.11 Å². The Morgan fingerprint density at radius 1 is 1.00 bits per heavy atom. The molecule has 0 saturated carbocycles. The van der Waals surface area contributed by atoms with E-state index in [1.54, 1.807) is 23.5 Å². The van der Waals surface area contributed by atoms with Crippen molar-refractivity contribution in [3.63, 3.8) is 0 Å². The lowest BCUT2D eigenvalue weighted by Gasteiger charge is -2.06. The van der Waals surface area contributed by atoms with Gasteiger partial charge in [-0.15, -0.1) is 11.3 Å². The molecule has 158 valence electrons. The molecule has 4 rings (SSSR count). The number of carbonyl (C=O) groups is 2. The van der Waals surface area contributed by atoms with Gasteiger partial charge in [0, 0.05) is 6.42 Å². The van der Waals surface area contributed by atoms with Crippen molar-refractivity contribution in [3.05, 3.63) is 71.5 Å². The third-order valence-corrected chi connectivity index (χ3v) is 5.73. The van der Waals surface area contributed by atoms with Crippen LogP contribution in [0.2, 0.25) is 0 Å². The zero-order valence-electron chi connectivity index (χ0n) is 16.6. The number of aryl methyl sites for hydroxylation is 1. The zero-order valence-corrected chi connectivity index (χ0v) is 17.4. The van der Waals surface area contributed by atoms with Gasteiger partial charge in [0.05, 0.1) is 27.1 Å². The molecule has 0 aliphatic carbocycles. The molecule has 2 aromatic carbocycles. The van der Waals surface area contributed by atoms with Crippen molar-refractivity contribution in [2.24, 2.45) is 0 Å². The molecule has 0 radical (unpaired) electrons. The molecule has 0 atom stereocenters. The number of amides is 2. The minimum absolute atomic E-state index is 0.167. The number of nitrogens with one attached hydrogen (secondary N) is 2. The summed E-state index contributed by atoms with van der Waals surface area (Å²) in [6.45, 7) is 0. The van der Waals surface area contributed by atoms with Crippen molar-refractivity contribution >= 4 is 33.4 Å². The van der Waals surface area contributed by atoms with Crippen LogP contribution in [-0.4, -0.2) is 31.7 Å². The SMILES string of the molecule is O=C(CCCCc1nc2ccccc2s1)NNC(=O)c1nn(-c2ccccc2)cc1O. The molecule has 2 heterocycles. The molecule has 3 N–H and O–H groups in total. The van der Waals surface area contributed by atoms with Crippen molar-refractivity contribution in [2.45, 2.75) is 25.7 Å². The summed E-state index contributed by atoms with van der Waals surface area (Å²) in [4.78, 5) is 28.8. The van der Waals surface area contributed by atoms with Gasteiger partial charge in [-0.25, -0.2) is 9.67 Å². The molecule has 31 heavy (non-hydrogen) atoms. The standard InChI is InChI=1S/C22H21N5O3S/c28-17-14-27(15-8-2-1-3-9-15)26-21(17)22(30)25-24-19(29)12-6-7-13-20-23-16-10-4-5-11-18(16)31-20/h1-5,8-11,14,28H,6-7,12-13H2,(H,24,29)(H,25,30). The highest BCUT2D eigenvalue weighted by molar-refractivity contribution is 7.18. The molecule has 0 fully saturated rings. The van der Waals surface area contributed by atoms with Crippen molar-refractivity contribution in [1.82, 2.24) is 25.6 Å². The van der Waals surface area contributed by atoms with E-state index in [0.29, 0.717) is 12.1 Å². The van der Waals surface area contributed by atoms with Gasteiger partial charge in [0.1, 0.15) is 0 Å². The number of aromatic nitrogens is 3. The fraction of sp³-hybridized carbons (Fsp3) is 0.182. The monoisotopic (exact) mass is 435 g/mol. The number of para-hydroxylation sites is 2. The van der Waals surface area contributed by atoms with Crippen LogP contribution >= 0.6 is 11.3 Å². The summed E-state index contributed by atoms with van der Waals surface area (Å²) in [6.07, 6.45) is 3.92. The van der Waals surface area contributed by atoms with Crippen LogP contribution < -0.4 is 10.9 Å². The maximum absolute atomic E-state index is 12.2. The Morgan fingerprint density at radius 3 is 2.58 bits per heavy atom. The first kappa shape index (κ1) is 20.5. The molecule has 0 aliphatic heterocycles. The van der Waals surface area contributed by atoms with E-state index in [0.717, 1.165) is 28.1 Å². The number of rotatable bonds is 7. The predicted molar refractivity (Wildman–Crippen MR) is 118 cm³/mol. The number of hydrogen-bond acceptors (Lipinski definition) is 6. The quantitative estimate of drug-likeness (QED) is 0.305. The molecule has 0 spiro atoms. The second-order valence-corrected chi connectivity index (χ2v) is 8.04. The molecule has 8 nitrogen and oxygen atoms in total. The Morgan fingerprint density at radius 2 is 1.77 bits per heavy atom. The highest BCUT2D eigenvalue weighted by Crippen LogP contribution is 2.23.